The number of halogens is 4. The Kier molecular flexibility index (Phi) is 8.95. The lowest BCUT2D eigenvalue weighted by Gasteiger charge is -2.14. The molecule has 1 aromatic heterocycles. The second kappa shape index (κ2) is 11.4. The third-order valence-corrected chi connectivity index (χ3v) is 4.33. The molecular formula is C22H24F4N2O2. The minimum Gasteiger partial charge on any atom is -0.456 e. The number of aryl methyl sites for hydroxylation is 1. The molecule has 8 heteroatoms. The number of carbonyl (C=O) groups excluding carboxylic acids is 1. The summed E-state index contributed by atoms with van der Waals surface area (Å²) < 4.78 is 53.7. The summed E-state index contributed by atoms with van der Waals surface area (Å²) >= 11 is 0. The van der Waals surface area contributed by atoms with E-state index in [0.717, 1.165) is 30.0 Å². The van der Waals surface area contributed by atoms with Gasteiger partial charge in [0.15, 0.2) is 12.4 Å². The third kappa shape index (κ3) is 7.57. The fourth-order valence-electron chi connectivity index (χ4n) is 2.57. The number of rotatable bonds is 11. The van der Waals surface area contributed by atoms with Crippen LogP contribution in [0.2, 0.25) is 0 Å². The van der Waals surface area contributed by atoms with Gasteiger partial charge in [0.25, 0.3) is 0 Å². The minimum atomic E-state index is -4.36. The largest absolute Gasteiger partial charge is 0.456 e. The molecule has 2 rings (SSSR count). The number of hydrogen-bond donors (Lipinski definition) is 0. The first kappa shape index (κ1) is 23.5. The number of unbranched alkanes of at least 4 members (excludes halogenated alkanes) is 3. The van der Waals surface area contributed by atoms with Crippen molar-refractivity contribution in [2.75, 3.05) is 6.61 Å². The zero-order valence-electron chi connectivity index (χ0n) is 16.7. The van der Waals surface area contributed by atoms with E-state index in [0.29, 0.717) is 11.4 Å². The molecule has 0 fully saturated rings. The van der Waals surface area contributed by atoms with Crippen LogP contribution in [0.3, 0.4) is 0 Å². The van der Waals surface area contributed by atoms with Crippen LogP contribution in [0.15, 0.2) is 42.7 Å². The molecule has 0 bridgehead atoms. The number of benzene rings is 1. The molecule has 30 heavy (non-hydrogen) atoms. The van der Waals surface area contributed by atoms with Crippen LogP contribution in [0.25, 0.3) is 17.5 Å². The fraction of sp³-hybridized carbons (Fsp3) is 0.409. The predicted octanol–water partition coefficient (Wildman–Crippen LogP) is 5.72. The van der Waals surface area contributed by atoms with Crippen molar-refractivity contribution in [1.82, 2.24) is 9.97 Å². The molecule has 0 unspecified atom stereocenters. The Hall–Kier alpha value is -2.77. The van der Waals surface area contributed by atoms with Gasteiger partial charge in [-0.15, -0.1) is 0 Å². The summed E-state index contributed by atoms with van der Waals surface area (Å²) in [5.41, 5.74) is 2.47. The summed E-state index contributed by atoms with van der Waals surface area (Å²) in [6.45, 7) is 0.502. The summed E-state index contributed by atoms with van der Waals surface area (Å²) in [5, 5.41) is 0. The van der Waals surface area contributed by atoms with E-state index < -0.39 is 24.9 Å². The fourth-order valence-corrected chi connectivity index (χ4v) is 2.57. The molecule has 0 saturated heterocycles. The van der Waals surface area contributed by atoms with Gasteiger partial charge in [0.05, 0.1) is 0 Å². The molecule has 0 aliphatic rings. The second-order valence-electron chi connectivity index (χ2n) is 6.85. The maximum absolute atomic E-state index is 12.7. The molecule has 2 aromatic rings. The van der Waals surface area contributed by atoms with Gasteiger partial charge in [-0.25, -0.2) is 23.5 Å². The normalized spacial score (nSPS) is 11.9. The lowest BCUT2D eigenvalue weighted by atomic mass is 10.1. The first-order chi connectivity index (χ1) is 14.3. The first-order valence-corrected chi connectivity index (χ1v) is 9.74. The molecule has 162 valence electrons. The predicted molar refractivity (Wildman–Crippen MR) is 106 cm³/mol. The highest BCUT2D eigenvalue weighted by Crippen LogP contribution is 2.23. The molecule has 0 radical (unpaired) electrons. The van der Waals surface area contributed by atoms with Crippen molar-refractivity contribution in [3.05, 3.63) is 53.9 Å². The lowest BCUT2D eigenvalue weighted by molar-refractivity contribution is -0.175. The van der Waals surface area contributed by atoms with Crippen LogP contribution in [0.5, 0.6) is 0 Å². The minimum absolute atomic E-state index is 0.566. The van der Waals surface area contributed by atoms with Crippen molar-refractivity contribution in [2.24, 2.45) is 0 Å². The van der Waals surface area contributed by atoms with Crippen molar-refractivity contribution in [1.29, 1.82) is 0 Å². The summed E-state index contributed by atoms with van der Waals surface area (Å²) in [5.74, 6) is -4.93. The Bertz CT molecular complexity index is 822. The van der Waals surface area contributed by atoms with Crippen LogP contribution < -0.4 is 0 Å². The monoisotopic (exact) mass is 424 g/mol. The SMILES string of the molecule is CCCCCCc1cnc(-c2ccc(/C=C/C(=O)OCC(F)(F)C(F)F)cc2)nc1. The van der Waals surface area contributed by atoms with E-state index in [1.165, 1.54) is 25.3 Å². The molecular weight excluding hydrogens is 400 g/mol. The summed E-state index contributed by atoms with van der Waals surface area (Å²) in [4.78, 5) is 20.2. The van der Waals surface area contributed by atoms with E-state index >= 15 is 0 Å². The van der Waals surface area contributed by atoms with Gasteiger partial charge in [-0.2, -0.15) is 8.78 Å². The Labute approximate surface area is 173 Å². The highest BCUT2D eigenvalue weighted by molar-refractivity contribution is 5.87. The van der Waals surface area contributed by atoms with Gasteiger partial charge in [0, 0.05) is 24.0 Å². The van der Waals surface area contributed by atoms with Crippen LogP contribution in [0, 0.1) is 0 Å². The number of alkyl halides is 4. The second-order valence-corrected chi connectivity index (χ2v) is 6.85. The molecule has 0 amide bonds. The molecule has 0 N–H and O–H groups in total. The third-order valence-electron chi connectivity index (χ3n) is 4.33. The van der Waals surface area contributed by atoms with Crippen LogP contribution >= 0.6 is 0 Å². The molecule has 0 atom stereocenters. The number of carbonyl (C=O) groups is 1. The van der Waals surface area contributed by atoms with Crippen molar-refractivity contribution in [3.63, 3.8) is 0 Å². The highest BCUT2D eigenvalue weighted by Gasteiger charge is 2.42. The van der Waals surface area contributed by atoms with Crippen molar-refractivity contribution < 1.29 is 27.1 Å². The quantitative estimate of drug-likeness (QED) is 0.200. The average Bonchev–Trinajstić information content (AvgIpc) is 2.74. The number of hydrogen-bond acceptors (Lipinski definition) is 4. The van der Waals surface area contributed by atoms with E-state index in [4.69, 9.17) is 0 Å². The number of ether oxygens (including phenoxy) is 1. The molecule has 0 aliphatic heterocycles. The van der Waals surface area contributed by atoms with Gasteiger partial charge in [-0.1, -0.05) is 50.5 Å². The molecule has 0 spiro atoms. The van der Waals surface area contributed by atoms with Gasteiger partial charge >= 0.3 is 18.3 Å². The van der Waals surface area contributed by atoms with E-state index in [2.05, 4.69) is 21.6 Å². The van der Waals surface area contributed by atoms with Crippen LogP contribution in [-0.4, -0.2) is 34.9 Å². The van der Waals surface area contributed by atoms with Gasteiger partial charge < -0.3 is 4.74 Å². The lowest BCUT2D eigenvalue weighted by Crippen LogP contribution is -2.33. The maximum Gasteiger partial charge on any atom is 0.340 e. The van der Waals surface area contributed by atoms with Crippen LogP contribution in [0.1, 0.15) is 43.7 Å². The Balaban J connectivity index is 1.88. The van der Waals surface area contributed by atoms with Crippen molar-refractivity contribution >= 4 is 12.0 Å². The van der Waals surface area contributed by atoms with E-state index in [9.17, 15) is 22.4 Å². The Morgan fingerprint density at radius 1 is 1.10 bits per heavy atom. The van der Waals surface area contributed by atoms with Gasteiger partial charge in [0.1, 0.15) is 0 Å². The van der Waals surface area contributed by atoms with Crippen LogP contribution in [-0.2, 0) is 16.0 Å². The summed E-state index contributed by atoms with van der Waals surface area (Å²) in [6.07, 6.45) is 7.64. The van der Waals surface area contributed by atoms with Gasteiger partial charge in [-0.05, 0) is 30.0 Å². The zero-order chi connectivity index (χ0) is 22.0. The molecule has 1 aromatic carbocycles. The zero-order valence-corrected chi connectivity index (χ0v) is 16.7. The average molecular weight is 424 g/mol. The number of nitrogens with zero attached hydrogens (tertiary/aromatic N) is 2. The standard InChI is InChI=1S/C22H24F4N2O2/c1-2-3-4-5-6-17-13-27-20(28-14-17)18-10-7-16(8-11-18)9-12-19(29)30-15-22(25,26)21(23)24/h7-14,21H,2-6,15H2,1H3/b12-9+. The maximum atomic E-state index is 12.7. The number of aromatic nitrogens is 2. The van der Waals surface area contributed by atoms with Crippen molar-refractivity contribution in [2.45, 2.75) is 51.4 Å². The Morgan fingerprint density at radius 3 is 2.37 bits per heavy atom. The smallest absolute Gasteiger partial charge is 0.340 e. The van der Waals surface area contributed by atoms with Crippen LogP contribution in [0.4, 0.5) is 17.6 Å². The molecule has 0 saturated carbocycles. The molecule has 1 heterocycles. The molecule has 4 nitrogen and oxygen atoms in total. The first-order valence-electron chi connectivity index (χ1n) is 9.74. The van der Waals surface area contributed by atoms with Gasteiger partial charge in [-0.3, -0.25) is 0 Å². The number of esters is 1. The topological polar surface area (TPSA) is 52.1 Å². The Morgan fingerprint density at radius 2 is 1.77 bits per heavy atom. The van der Waals surface area contributed by atoms with E-state index in [1.54, 1.807) is 24.3 Å². The van der Waals surface area contributed by atoms with Crippen molar-refractivity contribution in [3.8, 4) is 11.4 Å². The highest BCUT2D eigenvalue weighted by atomic mass is 19.3. The van der Waals surface area contributed by atoms with E-state index in [-0.39, 0.29) is 0 Å². The van der Waals surface area contributed by atoms with Gasteiger partial charge in [0.2, 0.25) is 0 Å². The summed E-state index contributed by atoms with van der Waals surface area (Å²) in [7, 11) is 0. The summed E-state index contributed by atoms with van der Waals surface area (Å²) in [6, 6.07) is 6.89. The van der Waals surface area contributed by atoms with E-state index in [1.807, 2.05) is 12.4 Å². The molecule has 0 aliphatic carbocycles.